The minimum Gasteiger partial charge on any atom is -0.451 e. The predicted octanol–water partition coefficient (Wildman–Crippen LogP) is 4.00. The first kappa shape index (κ1) is 20.3. The van der Waals surface area contributed by atoms with E-state index < -0.39 is 12.6 Å². The second-order valence-electron chi connectivity index (χ2n) is 5.46. The number of amides is 1. The van der Waals surface area contributed by atoms with Gasteiger partial charge < -0.3 is 15.4 Å². The number of hydrogen-bond donors (Lipinski definition) is 1. The Hall–Kier alpha value is -2.02. The van der Waals surface area contributed by atoms with E-state index in [1.54, 1.807) is 7.05 Å². The molecule has 6 nitrogen and oxygen atoms in total. The number of carbonyl (C=O) groups is 2. The van der Waals surface area contributed by atoms with Crippen LogP contribution in [0.25, 0.3) is 0 Å². The zero-order valence-electron chi connectivity index (χ0n) is 14.0. The summed E-state index contributed by atoms with van der Waals surface area (Å²) in [6.45, 7) is 1.39. The summed E-state index contributed by atoms with van der Waals surface area (Å²) in [5.74, 6) is -1.31. The molecule has 2 rings (SSSR count). The molecule has 0 bridgehead atoms. The number of nitrogen functional groups attached to an aromatic ring is 1. The second kappa shape index (κ2) is 8.58. The summed E-state index contributed by atoms with van der Waals surface area (Å²) in [6, 6.07) is 9.27. The fourth-order valence-corrected chi connectivity index (χ4v) is 2.72. The summed E-state index contributed by atoms with van der Waals surface area (Å²) >= 11 is 17.5. The van der Waals surface area contributed by atoms with Gasteiger partial charge in [-0.2, -0.15) is 0 Å². The number of hydrogen-bond acceptors (Lipinski definition) is 5. The Balaban J connectivity index is 2.04. The number of rotatable bonds is 5. The zero-order valence-corrected chi connectivity index (χ0v) is 16.3. The number of aromatic nitrogens is 1. The van der Waals surface area contributed by atoms with E-state index in [4.69, 9.17) is 45.3 Å². The average Bonchev–Trinajstić information content (AvgIpc) is 2.66. The number of esters is 1. The summed E-state index contributed by atoms with van der Waals surface area (Å²) in [7, 11) is 1.62. The van der Waals surface area contributed by atoms with Crippen molar-refractivity contribution in [2.24, 2.45) is 0 Å². The highest BCUT2D eigenvalue weighted by molar-refractivity contribution is 6.46. The number of benzene rings is 1. The Kier molecular flexibility index (Phi) is 6.69. The molecular weight excluding hydrogens is 401 g/mol. The van der Waals surface area contributed by atoms with Crippen LogP contribution in [0.1, 0.15) is 29.0 Å². The lowest BCUT2D eigenvalue weighted by Crippen LogP contribution is -2.33. The molecule has 2 N–H and O–H groups in total. The third-order valence-electron chi connectivity index (χ3n) is 3.85. The third-order valence-corrected chi connectivity index (χ3v) is 4.98. The molecule has 26 heavy (non-hydrogen) atoms. The first-order valence-corrected chi connectivity index (χ1v) is 8.65. The number of pyridine rings is 1. The van der Waals surface area contributed by atoms with Gasteiger partial charge in [0.25, 0.3) is 5.91 Å². The third kappa shape index (κ3) is 4.38. The minimum atomic E-state index is -0.922. The van der Waals surface area contributed by atoms with E-state index in [0.717, 1.165) is 5.56 Å². The molecule has 1 amide bonds. The number of anilines is 1. The van der Waals surface area contributed by atoms with Crippen LogP contribution in [-0.2, 0) is 9.53 Å². The monoisotopic (exact) mass is 415 g/mol. The lowest BCUT2D eigenvalue weighted by molar-refractivity contribution is -0.135. The number of carbonyl (C=O) groups excluding carboxylic acids is 2. The maximum absolute atomic E-state index is 12.3. The Morgan fingerprint density at radius 1 is 1.19 bits per heavy atom. The summed E-state index contributed by atoms with van der Waals surface area (Å²) < 4.78 is 4.99. The van der Waals surface area contributed by atoms with Crippen LogP contribution in [0, 0.1) is 0 Å². The van der Waals surface area contributed by atoms with Crippen LogP contribution < -0.4 is 5.73 Å². The Morgan fingerprint density at radius 3 is 2.42 bits per heavy atom. The van der Waals surface area contributed by atoms with E-state index in [1.165, 1.54) is 4.90 Å². The number of likely N-dealkylation sites (N-methyl/N-ethyl adjacent to an activating group) is 1. The summed E-state index contributed by atoms with van der Waals surface area (Å²) in [6.07, 6.45) is 0. The minimum absolute atomic E-state index is 0.0549. The molecule has 0 aliphatic heterocycles. The largest absolute Gasteiger partial charge is 0.451 e. The molecule has 0 saturated heterocycles. The van der Waals surface area contributed by atoms with E-state index in [0.29, 0.717) is 0 Å². The molecule has 0 spiro atoms. The van der Waals surface area contributed by atoms with E-state index >= 15 is 0 Å². The number of nitrogens with two attached hydrogens (primary N) is 1. The van der Waals surface area contributed by atoms with Crippen molar-refractivity contribution < 1.29 is 14.3 Å². The van der Waals surface area contributed by atoms with Crippen molar-refractivity contribution in [3.63, 3.8) is 0 Å². The molecule has 0 radical (unpaired) electrons. The molecule has 9 heteroatoms. The van der Waals surface area contributed by atoms with Crippen LogP contribution in [-0.4, -0.2) is 35.4 Å². The molecule has 0 saturated carbocycles. The quantitative estimate of drug-likeness (QED) is 0.588. The van der Waals surface area contributed by atoms with Crippen molar-refractivity contribution >= 4 is 52.4 Å². The van der Waals surface area contributed by atoms with Gasteiger partial charge in [-0.1, -0.05) is 65.1 Å². The zero-order chi connectivity index (χ0) is 19.4. The van der Waals surface area contributed by atoms with Gasteiger partial charge in [0.05, 0.1) is 16.8 Å². The van der Waals surface area contributed by atoms with Gasteiger partial charge >= 0.3 is 5.97 Å². The van der Waals surface area contributed by atoms with Crippen LogP contribution in [0.4, 0.5) is 5.69 Å². The average molecular weight is 417 g/mol. The van der Waals surface area contributed by atoms with Crippen molar-refractivity contribution in [1.29, 1.82) is 0 Å². The van der Waals surface area contributed by atoms with Gasteiger partial charge in [-0.25, -0.2) is 9.78 Å². The molecule has 0 fully saturated rings. The molecule has 0 aliphatic carbocycles. The smallest absolute Gasteiger partial charge is 0.359 e. The van der Waals surface area contributed by atoms with Gasteiger partial charge in [0.2, 0.25) is 0 Å². The topological polar surface area (TPSA) is 85.5 Å². The normalized spacial score (nSPS) is 11.7. The van der Waals surface area contributed by atoms with Crippen LogP contribution in [0.5, 0.6) is 0 Å². The maximum atomic E-state index is 12.3. The second-order valence-corrected chi connectivity index (χ2v) is 6.57. The maximum Gasteiger partial charge on any atom is 0.359 e. The Bertz CT molecular complexity index is 831. The SMILES string of the molecule is CC(c1ccccc1)N(C)C(=O)COC(=O)c1nc(Cl)c(Cl)c(N)c1Cl. The molecule has 138 valence electrons. The van der Waals surface area contributed by atoms with Crippen LogP contribution in [0.3, 0.4) is 0 Å². The lowest BCUT2D eigenvalue weighted by atomic mass is 10.1. The number of ether oxygens (including phenoxy) is 1. The molecule has 0 aliphatic rings. The van der Waals surface area contributed by atoms with Crippen molar-refractivity contribution in [2.45, 2.75) is 13.0 Å². The van der Waals surface area contributed by atoms with Crippen LogP contribution >= 0.6 is 34.8 Å². The van der Waals surface area contributed by atoms with Crippen LogP contribution in [0.15, 0.2) is 30.3 Å². The van der Waals surface area contributed by atoms with Gasteiger partial charge in [0, 0.05) is 7.05 Å². The van der Waals surface area contributed by atoms with Crippen molar-refractivity contribution in [3.05, 3.63) is 56.8 Å². The van der Waals surface area contributed by atoms with Gasteiger partial charge in [0.15, 0.2) is 17.5 Å². The van der Waals surface area contributed by atoms with Crippen molar-refractivity contribution in [2.75, 3.05) is 19.4 Å². The van der Waals surface area contributed by atoms with Crippen LogP contribution in [0.2, 0.25) is 15.2 Å². The highest BCUT2D eigenvalue weighted by atomic mass is 35.5. The molecule has 1 atom stereocenters. The first-order valence-electron chi connectivity index (χ1n) is 7.51. The van der Waals surface area contributed by atoms with Gasteiger partial charge in [-0.3, -0.25) is 4.79 Å². The van der Waals surface area contributed by atoms with E-state index in [2.05, 4.69) is 4.98 Å². The highest BCUT2D eigenvalue weighted by Crippen LogP contribution is 2.34. The van der Waals surface area contributed by atoms with Crippen molar-refractivity contribution in [3.8, 4) is 0 Å². The first-order chi connectivity index (χ1) is 12.2. The van der Waals surface area contributed by atoms with Gasteiger partial charge in [-0.15, -0.1) is 0 Å². The molecule has 1 aromatic heterocycles. The summed E-state index contributed by atoms with van der Waals surface area (Å²) in [4.78, 5) is 29.7. The summed E-state index contributed by atoms with van der Waals surface area (Å²) in [5, 5.41) is -0.412. The Labute approximate surface area is 165 Å². The fourth-order valence-electron chi connectivity index (χ4n) is 2.14. The lowest BCUT2D eigenvalue weighted by Gasteiger charge is -2.25. The Morgan fingerprint density at radius 2 is 1.81 bits per heavy atom. The van der Waals surface area contributed by atoms with E-state index in [1.807, 2.05) is 37.3 Å². The molecule has 2 aromatic rings. The molecule has 1 aromatic carbocycles. The molecule has 1 heterocycles. The molecular formula is C17H16Cl3N3O3. The highest BCUT2D eigenvalue weighted by Gasteiger charge is 2.23. The van der Waals surface area contributed by atoms with E-state index in [-0.39, 0.29) is 38.5 Å². The fraction of sp³-hybridized carbons (Fsp3) is 0.235. The number of halogens is 3. The van der Waals surface area contributed by atoms with Gasteiger partial charge in [-0.05, 0) is 12.5 Å². The standard InChI is InChI=1S/C17H16Cl3N3O3/c1-9(10-6-4-3-5-7-10)23(2)11(24)8-26-17(25)15-12(18)14(21)13(19)16(20)22-15/h3-7,9H,8H2,1-2H3,(H2,21,22). The van der Waals surface area contributed by atoms with Crippen molar-refractivity contribution in [1.82, 2.24) is 9.88 Å². The summed E-state index contributed by atoms with van der Waals surface area (Å²) in [5.41, 5.74) is 6.23. The predicted molar refractivity (Wildman–Crippen MR) is 102 cm³/mol. The number of nitrogens with zero attached hydrogens (tertiary/aromatic N) is 2. The van der Waals surface area contributed by atoms with Gasteiger partial charge in [0.1, 0.15) is 5.02 Å². The van der Waals surface area contributed by atoms with E-state index in [9.17, 15) is 9.59 Å². The molecule has 1 unspecified atom stereocenters.